The number of carbonyl (C=O) groups excluding carboxylic acids is 3. The van der Waals surface area contributed by atoms with E-state index in [1.165, 1.54) is 47.6 Å². The van der Waals surface area contributed by atoms with Gasteiger partial charge in [-0.15, -0.1) is 0 Å². The van der Waals surface area contributed by atoms with Gasteiger partial charge in [0.25, 0.3) is 17.4 Å². The molecular formula is C45H40F5N11O4S. The van der Waals surface area contributed by atoms with Gasteiger partial charge in [0.2, 0.25) is 5.91 Å². The van der Waals surface area contributed by atoms with Crippen LogP contribution in [-0.2, 0) is 22.8 Å². The molecule has 2 aliphatic heterocycles. The lowest BCUT2D eigenvalue weighted by molar-refractivity contribution is -0.137. The summed E-state index contributed by atoms with van der Waals surface area (Å²) >= 11 is 0. The Bertz CT molecular complexity index is 3050. The van der Waals surface area contributed by atoms with E-state index in [2.05, 4.69) is 36.2 Å². The summed E-state index contributed by atoms with van der Waals surface area (Å²) in [5, 5.41) is 30.2. The highest BCUT2D eigenvalue weighted by molar-refractivity contribution is 8.15. The summed E-state index contributed by atoms with van der Waals surface area (Å²) in [4.78, 5) is 58.8. The second kappa shape index (κ2) is 18.2. The molecule has 0 saturated carbocycles. The molecule has 0 radical (unpaired) electrons. The van der Waals surface area contributed by atoms with Crippen LogP contribution in [0.5, 0.6) is 0 Å². The number of alkyl halides is 3. The monoisotopic (exact) mass is 925 g/mol. The topological polar surface area (TPSA) is 194 Å². The zero-order valence-corrected chi connectivity index (χ0v) is 36.3. The Morgan fingerprint density at radius 3 is 2.41 bits per heavy atom. The minimum atomic E-state index is -4.83. The number of carbonyl (C=O) groups is 3. The zero-order chi connectivity index (χ0) is 47.0. The Morgan fingerprint density at radius 1 is 0.970 bits per heavy atom. The fourth-order valence-electron chi connectivity index (χ4n) is 8.27. The van der Waals surface area contributed by atoms with E-state index < -0.39 is 68.8 Å². The lowest BCUT2D eigenvalue weighted by atomic mass is 9.83. The predicted molar refractivity (Wildman–Crippen MR) is 239 cm³/mol. The molecular weight excluding hydrogens is 886 g/mol. The smallest absolute Gasteiger partial charge is 0.376 e. The second-order valence-corrected chi connectivity index (χ2v) is 17.8. The fourth-order valence-corrected chi connectivity index (χ4v) is 9.45. The Hall–Kier alpha value is -7.47. The van der Waals surface area contributed by atoms with Crippen molar-refractivity contribution >= 4 is 66.8 Å². The van der Waals surface area contributed by atoms with Gasteiger partial charge in [0.1, 0.15) is 35.4 Å². The first-order chi connectivity index (χ1) is 31.5. The van der Waals surface area contributed by atoms with E-state index in [0.29, 0.717) is 52.7 Å². The molecule has 340 valence electrons. The molecule has 2 aromatic heterocycles. The lowest BCUT2D eigenvalue weighted by Gasteiger charge is -2.33. The first kappa shape index (κ1) is 45.1. The van der Waals surface area contributed by atoms with E-state index in [4.69, 9.17) is 0 Å². The van der Waals surface area contributed by atoms with Crippen LogP contribution < -0.4 is 31.3 Å². The number of nitriles is 1. The Balaban J connectivity index is 0.833. The summed E-state index contributed by atoms with van der Waals surface area (Å²) in [6.45, 7) is -0.0838. The van der Waals surface area contributed by atoms with Crippen LogP contribution >= 0.6 is 10.5 Å². The van der Waals surface area contributed by atoms with E-state index in [0.717, 1.165) is 28.7 Å². The molecule has 4 N–H and O–H groups in total. The van der Waals surface area contributed by atoms with Crippen LogP contribution in [0.25, 0.3) is 10.8 Å². The number of benzene rings is 4. The molecule has 3 amide bonds. The van der Waals surface area contributed by atoms with Crippen molar-refractivity contribution < 1.29 is 36.3 Å². The number of aryl methyl sites for hydroxylation is 1. The minimum absolute atomic E-state index is 0.0821. The molecule has 66 heavy (non-hydrogen) atoms. The van der Waals surface area contributed by atoms with Crippen LogP contribution in [0.4, 0.5) is 44.7 Å². The van der Waals surface area contributed by atoms with Crippen molar-refractivity contribution in [3.05, 3.63) is 135 Å². The van der Waals surface area contributed by atoms with Gasteiger partial charge in [0.15, 0.2) is 0 Å². The molecule has 21 heteroatoms. The molecule has 2 unspecified atom stereocenters. The summed E-state index contributed by atoms with van der Waals surface area (Å²) in [6, 6.07) is 17.5. The highest BCUT2D eigenvalue weighted by atomic mass is 32.2. The molecule has 6 aromatic rings. The first-order valence-electron chi connectivity index (χ1n) is 20.5. The predicted octanol–water partition coefficient (Wildman–Crippen LogP) is 6.92. The lowest BCUT2D eigenvalue weighted by Crippen LogP contribution is -2.35. The van der Waals surface area contributed by atoms with Gasteiger partial charge in [0, 0.05) is 42.5 Å². The van der Waals surface area contributed by atoms with Gasteiger partial charge in [-0.25, -0.2) is 18.9 Å². The number of aromatic nitrogens is 5. The number of aromatic amines is 1. The average Bonchev–Trinajstić information content (AvgIpc) is 3.87. The third-order valence-corrected chi connectivity index (χ3v) is 12.4. The van der Waals surface area contributed by atoms with Crippen LogP contribution in [0.3, 0.4) is 0 Å². The minimum Gasteiger partial charge on any atom is -0.376 e. The number of nitrogens with one attached hydrogen (secondary N) is 4. The summed E-state index contributed by atoms with van der Waals surface area (Å²) in [7, 11) is 1.02. The number of rotatable bonds is 12. The number of nitrogens with zero attached hydrogens (tertiary/aromatic N) is 7. The molecule has 2 atom stereocenters. The summed E-state index contributed by atoms with van der Waals surface area (Å²) in [5.74, 6) is -2.85. The molecule has 4 aromatic carbocycles. The van der Waals surface area contributed by atoms with Gasteiger partial charge in [-0.1, -0.05) is 18.6 Å². The molecule has 0 spiro atoms. The second-order valence-electron chi connectivity index (χ2n) is 15.8. The van der Waals surface area contributed by atoms with Crippen LogP contribution in [0.1, 0.15) is 76.2 Å². The van der Waals surface area contributed by atoms with E-state index >= 15 is 4.39 Å². The molecule has 0 aliphatic carbocycles. The zero-order valence-electron chi connectivity index (χ0n) is 35.5. The SMILES string of the molecule is Cn1ncnc1C1c2n[nH]c(=O)c3cc(F)cc(c23)NC1c1ccc(NC(=O)CCCCCNC(=O)c2ccc(N3CC(=O)N(c4ccc(C#N)c(C(F)(F)F)c4)C3=S(C)C)cc2F)cc1. The fraction of sp³-hybridized carbons (Fsp3) is 0.267. The number of amides is 3. The van der Waals surface area contributed by atoms with Crippen molar-refractivity contribution in [2.75, 3.05) is 46.0 Å². The maximum Gasteiger partial charge on any atom is 0.417 e. The number of anilines is 4. The van der Waals surface area contributed by atoms with Crippen molar-refractivity contribution in [3.8, 4) is 6.07 Å². The molecule has 8 rings (SSSR count). The third kappa shape index (κ3) is 8.83. The molecule has 0 bridgehead atoms. The van der Waals surface area contributed by atoms with Crippen molar-refractivity contribution in [1.29, 1.82) is 5.26 Å². The van der Waals surface area contributed by atoms with E-state index in [9.17, 15) is 42.0 Å². The third-order valence-electron chi connectivity index (χ3n) is 11.3. The maximum atomic E-state index is 15.5. The molecule has 15 nitrogen and oxygen atoms in total. The molecule has 1 fully saturated rings. The Morgan fingerprint density at radius 2 is 1.73 bits per heavy atom. The van der Waals surface area contributed by atoms with Gasteiger partial charge in [-0.2, -0.15) is 39.1 Å². The van der Waals surface area contributed by atoms with Crippen molar-refractivity contribution in [1.82, 2.24) is 30.3 Å². The van der Waals surface area contributed by atoms with E-state index in [-0.39, 0.29) is 47.7 Å². The maximum absolute atomic E-state index is 15.5. The Labute approximate surface area is 375 Å². The molecule has 2 aliphatic rings. The largest absolute Gasteiger partial charge is 0.417 e. The van der Waals surface area contributed by atoms with Crippen LogP contribution in [0, 0.1) is 23.0 Å². The first-order valence-corrected chi connectivity index (χ1v) is 22.5. The van der Waals surface area contributed by atoms with Gasteiger partial charge >= 0.3 is 6.18 Å². The summed E-state index contributed by atoms with van der Waals surface area (Å²) in [6.07, 6.45) is 1.88. The molecule has 1 saturated heterocycles. The van der Waals surface area contributed by atoms with Crippen molar-refractivity contribution in [2.45, 2.75) is 43.8 Å². The molecule has 4 heterocycles. The Kier molecular flexibility index (Phi) is 12.4. The van der Waals surface area contributed by atoms with Gasteiger partial charge in [0.05, 0.1) is 51.5 Å². The van der Waals surface area contributed by atoms with Gasteiger partial charge in [-0.05, 0) is 91.6 Å². The number of hydrogen-bond acceptors (Lipinski definition) is 9. The number of H-pyrrole nitrogens is 1. The summed E-state index contributed by atoms with van der Waals surface area (Å²) < 4.78 is 73.0. The van der Waals surface area contributed by atoms with Crippen molar-refractivity contribution in [2.24, 2.45) is 7.05 Å². The highest BCUT2D eigenvalue weighted by Crippen LogP contribution is 2.46. The van der Waals surface area contributed by atoms with Crippen LogP contribution in [0.15, 0.2) is 83.9 Å². The van der Waals surface area contributed by atoms with Gasteiger partial charge < -0.3 is 20.9 Å². The van der Waals surface area contributed by atoms with Crippen LogP contribution in [0.2, 0.25) is 0 Å². The van der Waals surface area contributed by atoms with Gasteiger partial charge in [-0.3, -0.25) is 28.8 Å². The number of halogens is 5. The number of hydrogen-bond donors (Lipinski definition) is 4. The highest BCUT2D eigenvalue weighted by Gasteiger charge is 2.40. The number of unbranched alkanes of at least 4 members (excludes halogenated alkanes) is 2. The van der Waals surface area contributed by atoms with E-state index in [1.807, 2.05) is 12.1 Å². The van der Waals surface area contributed by atoms with Crippen molar-refractivity contribution in [3.63, 3.8) is 0 Å². The normalized spacial score (nSPS) is 15.9. The van der Waals surface area contributed by atoms with E-state index in [1.54, 1.807) is 36.4 Å². The quantitative estimate of drug-likeness (QED) is 0.0569. The summed E-state index contributed by atoms with van der Waals surface area (Å²) in [5.41, 5.74) is -0.149. The standard InChI is InChI=1S/C45H40F5N11O4S/c1-59-41(53-23-54-59)38-39(56-34-18-26(46)17-31-37(34)40(38)57-58-43(31)65)24-8-11-27(12-9-24)55-35(62)7-5-4-6-16-52-42(64)30-15-14-28(20-33(30)47)60-22-36(63)61(44(60)66(2)3)29-13-10-25(21-51)32(19-29)45(48,49)50/h8-15,17-20,23,38-39,56H,4-7,16,22H2,1-3H3,(H,52,64)(H,55,62)(H,58,65). The van der Waals surface area contributed by atoms with Crippen LogP contribution in [-0.4, -0.2) is 73.4 Å². The average molecular weight is 926 g/mol.